The number of para-hydroxylation sites is 1. The number of piperidine rings is 1. The van der Waals surface area contributed by atoms with Gasteiger partial charge in [-0.25, -0.2) is 0 Å². The molecule has 0 radical (unpaired) electrons. The summed E-state index contributed by atoms with van der Waals surface area (Å²) in [4.78, 5) is 16.9. The molecular formula is C27H35N7OS. The van der Waals surface area contributed by atoms with Crippen LogP contribution in [0.3, 0.4) is 0 Å². The molecule has 2 saturated heterocycles. The third kappa shape index (κ3) is 6.07. The fraction of sp³-hybridized carbons (Fsp3) is 0.444. The number of hydrogen-bond donors (Lipinski definition) is 2. The first-order valence-corrected chi connectivity index (χ1v) is 13.2. The van der Waals surface area contributed by atoms with Crippen molar-refractivity contribution in [2.24, 2.45) is 11.8 Å². The topological polar surface area (TPSA) is 72.7 Å². The summed E-state index contributed by atoms with van der Waals surface area (Å²) in [5, 5.41) is 6.87. The van der Waals surface area contributed by atoms with Gasteiger partial charge in [-0.1, -0.05) is 32.0 Å². The molecule has 3 aromatic rings. The summed E-state index contributed by atoms with van der Waals surface area (Å²) >= 11 is 5.54. The quantitative estimate of drug-likeness (QED) is 0.475. The van der Waals surface area contributed by atoms with Crippen molar-refractivity contribution >= 4 is 40.6 Å². The van der Waals surface area contributed by atoms with Gasteiger partial charge in [-0.05, 0) is 54.7 Å². The first-order valence-electron chi connectivity index (χ1n) is 12.8. The van der Waals surface area contributed by atoms with Crippen LogP contribution in [0.4, 0.5) is 23.3 Å². The second-order valence-electron chi connectivity index (χ2n) is 9.96. The van der Waals surface area contributed by atoms with Crippen molar-refractivity contribution in [3.63, 3.8) is 0 Å². The van der Waals surface area contributed by atoms with E-state index in [-0.39, 0.29) is 0 Å². The van der Waals surface area contributed by atoms with Crippen LogP contribution in [-0.4, -0.2) is 54.3 Å². The summed E-state index contributed by atoms with van der Waals surface area (Å²) in [6.45, 7) is 10.9. The van der Waals surface area contributed by atoms with Crippen molar-refractivity contribution in [3.05, 3.63) is 60.6 Å². The lowest BCUT2D eigenvalue weighted by Gasteiger charge is -2.38. The summed E-state index contributed by atoms with van der Waals surface area (Å²) in [5.74, 6) is 4.51. The van der Waals surface area contributed by atoms with Crippen LogP contribution in [0.1, 0.15) is 26.0 Å². The third-order valence-corrected chi connectivity index (χ3v) is 7.09. The molecule has 8 nitrogen and oxygen atoms in total. The van der Waals surface area contributed by atoms with Crippen LogP contribution >= 0.6 is 12.2 Å². The minimum Gasteiger partial charge on any atom is -0.467 e. The van der Waals surface area contributed by atoms with E-state index in [1.54, 1.807) is 6.26 Å². The van der Waals surface area contributed by atoms with Gasteiger partial charge in [0, 0.05) is 51.0 Å². The van der Waals surface area contributed by atoms with E-state index in [9.17, 15) is 0 Å². The molecule has 0 bridgehead atoms. The van der Waals surface area contributed by atoms with Gasteiger partial charge >= 0.3 is 0 Å². The molecule has 0 aliphatic carbocycles. The molecule has 1 aromatic carbocycles. The average Bonchev–Trinajstić information content (AvgIpc) is 3.41. The number of anilines is 4. The molecule has 2 aliphatic heterocycles. The SMILES string of the molecule is CC1CC(C)CN(c2cc(N3CCN(c4ccccc4)CC3)nc(NC(=S)NCc3ccco3)n2)C1. The fourth-order valence-electron chi connectivity index (χ4n) is 5.21. The molecule has 2 fully saturated rings. The van der Waals surface area contributed by atoms with Crippen molar-refractivity contribution in [2.75, 3.05) is 59.3 Å². The van der Waals surface area contributed by atoms with E-state index < -0.39 is 0 Å². The maximum absolute atomic E-state index is 5.54. The molecule has 36 heavy (non-hydrogen) atoms. The summed E-state index contributed by atoms with van der Waals surface area (Å²) < 4.78 is 5.39. The number of aromatic nitrogens is 2. The largest absolute Gasteiger partial charge is 0.467 e. The van der Waals surface area contributed by atoms with Crippen LogP contribution in [0.25, 0.3) is 0 Å². The van der Waals surface area contributed by atoms with Crippen molar-refractivity contribution in [1.29, 1.82) is 0 Å². The third-order valence-electron chi connectivity index (χ3n) is 6.85. The Hall–Kier alpha value is -3.33. The number of thiocarbonyl (C=S) groups is 1. The summed E-state index contributed by atoms with van der Waals surface area (Å²) in [5.41, 5.74) is 1.27. The number of furan rings is 1. The fourth-order valence-corrected chi connectivity index (χ4v) is 5.37. The maximum atomic E-state index is 5.54. The molecule has 2 atom stereocenters. The van der Waals surface area contributed by atoms with E-state index >= 15 is 0 Å². The molecule has 0 saturated carbocycles. The van der Waals surface area contributed by atoms with E-state index in [0.717, 1.165) is 56.7 Å². The zero-order valence-electron chi connectivity index (χ0n) is 21.1. The molecule has 0 spiro atoms. The Balaban J connectivity index is 1.33. The van der Waals surface area contributed by atoms with Gasteiger partial charge < -0.3 is 29.8 Å². The number of nitrogens with one attached hydrogen (secondary N) is 2. The highest BCUT2D eigenvalue weighted by Gasteiger charge is 2.25. The van der Waals surface area contributed by atoms with Crippen molar-refractivity contribution in [2.45, 2.75) is 26.8 Å². The number of rotatable bonds is 6. The number of piperazine rings is 1. The second kappa shape index (κ2) is 11.2. The molecule has 190 valence electrons. The smallest absolute Gasteiger partial charge is 0.232 e. The normalized spacial score (nSPS) is 20.3. The molecule has 2 N–H and O–H groups in total. The van der Waals surface area contributed by atoms with Gasteiger partial charge in [-0.2, -0.15) is 9.97 Å². The lowest BCUT2D eigenvalue weighted by molar-refractivity contribution is 0.355. The lowest BCUT2D eigenvalue weighted by atomic mass is 9.92. The van der Waals surface area contributed by atoms with E-state index in [0.29, 0.717) is 29.4 Å². The number of nitrogens with zero attached hydrogens (tertiary/aromatic N) is 5. The average molecular weight is 506 g/mol. The van der Waals surface area contributed by atoms with Gasteiger partial charge in [0.15, 0.2) is 5.11 Å². The lowest BCUT2D eigenvalue weighted by Crippen LogP contribution is -2.47. The predicted molar refractivity (Wildman–Crippen MR) is 150 cm³/mol. The van der Waals surface area contributed by atoms with Gasteiger partial charge in [-0.15, -0.1) is 0 Å². The van der Waals surface area contributed by atoms with Crippen LogP contribution < -0.4 is 25.3 Å². The van der Waals surface area contributed by atoms with E-state index in [2.05, 4.69) is 75.6 Å². The highest BCUT2D eigenvalue weighted by Crippen LogP contribution is 2.29. The predicted octanol–water partition coefficient (Wildman–Crippen LogP) is 4.37. The van der Waals surface area contributed by atoms with Crippen LogP contribution in [0.5, 0.6) is 0 Å². The first kappa shape index (κ1) is 24.4. The maximum Gasteiger partial charge on any atom is 0.232 e. The number of hydrogen-bond acceptors (Lipinski definition) is 7. The highest BCUT2D eigenvalue weighted by atomic mass is 32.1. The van der Waals surface area contributed by atoms with Crippen LogP contribution in [-0.2, 0) is 6.54 Å². The molecule has 2 aromatic heterocycles. The molecule has 2 aliphatic rings. The zero-order valence-corrected chi connectivity index (χ0v) is 21.9. The van der Waals surface area contributed by atoms with Crippen LogP contribution in [0, 0.1) is 11.8 Å². The standard InChI is InChI=1S/C27H35N7OS/c1-20-15-21(2)19-34(18-20)25-16-24(33-12-10-32(11-13-33)22-7-4-3-5-8-22)29-26(30-25)31-27(36)28-17-23-9-6-14-35-23/h3-9,14,16,20-21H,10-13,15,17-19H2,1-2H3,(H2,28,29,30,31,36). The Kier molecular flexibility index (Phi) is 7.55. The van der Waals surface area contributed by atoms with Gasteiger partial charge in [0.2, 0.25) is 5.95 Å². The Morgan fingerprint density at radius 3 is 2.25 bits per heavy atom. The molecule has 0 amide bonds. The molecule has 4 heterocycles. The number of benzene rings is 1. The van der Waals surface area contributed by atoms with E-state index in [4.69, 9.17) is 26.6 Å². The van der Waals surface area contributed by atoms with Crippen molar-refractivity contribution in [3.8, 4) is 0 Å². The molecule has 2 unspecified atom stereocenters. The summed E-state index contributed by atoms with van der Waals surface area (Å²) in [7, 11) is 0. The van der Waals surface area contributed by atoms with Crippen molar-refractivity contribution in [1.82, 2.24) is 15.3 Å². The molecular weight excluding hydrogens is 470 g/mol. The Morgan fingerprint density at radius 2 is 1.58 bits per heavy atom. The van der Waals surface area contributed by atoms with Gasteiger partial charge in [0.1, 0.15) is 17.4 Å². The summed E-state index contributed by atoms with van der Waals surface area (Å²) in [6, 6.07) is 16.5. The van der Waals surface area contributed by atoms with Crippen molar-refractivity contribution < 1.29 is 4.42 Å². The van der Waals surface area contributed by atoms with E-state index in [1.165, 1.54) is 12.1 Å². The van der Waals surface area contributed by atoms with Gasteiger partial charge in [0.05, 0.1) is 12.8 Å². The Bertz CT molecular complexity index is 1120. The second-order valence-corrected chi connectivity index (χ2v) is 10.4. The first-order chi connectivity index (χ1) is 17.5. The monoisotopic (exact) mass is 505 g/mol. The Labute approximate surface area is 218 Å². The highest BCUT2D eigenvalue weighted by molar-refractivity contribution is 7.80. The van der Waals surface area contributed by atoms with Gasteiger partial charge in [-0.3, -0.25) is 0 Å². The van der Waals surface area contributed by atoms with Crippen LogP contribution in [0.15, 0.2) is 59.2 Å². The molecule has 9 heteroatoms. The summed E-state index contributed by atoms with van der Waals surface area (Å²) in [6.07, 6.45) is 2.91. The van der Waals surface area contributed by atoms with Gasteiger partial charge in [0.25, 0.3) is 0 Å². The zero-order chi connectivity index (χ0) is 24.9. The minimum absolute atomic E-state index is 0.476. The minimum atomic E-state index is 0.476. The van der Waals surface area contributed by atoms with Crippen LogP contribution in [0.2, 0.25) is 0 Å². The van der Waals surface area contributed by atoms with E-state index in [1.807, 2.05) is 12.1 Å². The Morgan fingerprint density at radius 1 is 0.917 bits per heavy atom. The molecule has 5 rings (SSSR count).